The van der Waals surface area contributed by atoms with Crippen molar-refractivity contribution in [2.75, 3.05) is 30.0 Å². The maximum atomic E-state index is 9.33. The molecule has 0 amide bonds. The molecule has 6 heteroatoms. The molecule has 0 aliphatic carbocycles. The lowest BCUT2D eigenvalue weighted by Gasteiger charge is -2.34. The number of nitrogens with one attached hydrogen (secondary N) is 1. The van der Waals surface area contributed by atoms with Gasteiger partial charge in [0.25, 0.3) is 0 Å². The second kappa shape index (κ2) is 6.16. The highest BCUT2D eigenvalue weighted by atomic mass is 16.3. The van der Waals surface area contributed by atoms with Gasteiger partial charge in [-0.1, -0.05) is 6.92 Å². The van der Waals surface area contributed by atoms with E-state index in [2.05, 4.69) is 20.3 Å². The van der Waals surface area contributed by atoms with Crippen LogP contribution < -0.4 is 16.2 Å². The smallest absolute Gasteiger partial charge is 0.148 e. The summed E-state index contributed by atoms with van der Waals surface area (Å²) in [6.07, 6.45) is 2.94. The molecular formula is C13H23N5O. The summed E-state index contributed by atoms with van der Waals surface area (Å²) < 4.78 is 0. The van der Waals surface area contributed by atoms with E-state index < -0.39 is 0 Å². The Morgan fingerprint density at radius 1 is 1.47 bits per heavy atom. The number of aliphatic hydroxyl groups is 1. The standard InChI is InChI=1S/C13H23N5O/c1-3-11-15-12(17-14)9(2)13(16-11)18-6-4-5-10(7-18)8-19/h10,19H,3-8,14H2,1-2H3,(H,15,16,17). The summed E-state index contributed by atoms with van der Waals surface area (Å²) in [7, 11) is 0. The number of nitrogen functional groups attached to an aromatic ring is 1. The zero-order valence-electron chi connectivity index (χ0n) is 11.7. The Kier molecular flexibility index (Phi) is 4.55. The molecule has 2 rings (SSSR count). The second-order valence-corrected chi connectivity index (χ2v) is 5.07. The van der Waals surface area contributed by atoms with Gasteiger partial charge in [-0.25, -0.2) is 15.8 Å². The summed E-state index contributed by atoms with van der Waals surface area (Å²) in [4.78, 5) is 11.2. The van der Waals surface area contributed by atoms with Crippen LogP contribution in [0.4, 0.5) is 11.6 Å². The predicted molar refractivity (Wildman–Crippen MR) is 76.0 cm³/mol. The molecule has 2 heterocycles. The molecule has 1 aromatic rings. The van der Waals surface area contributed by atoms with Crippen LogP contribution >= 0.6 is 0 Å². The minimum absolute atomic E-state index is 0.239. The summed E-state index contributed by atoms with van der Waals surface area (Å²) in [5.74, 6) is 8.28. The van der Waals surface area contributed by atoms with Crippen LogP contribution in [0, 0.1) is 12.8 Å². The van der Waals surface area contributed by atoms with Crippen molar-refractivity contribution in [3.63, 3.8) is 0 Å². The molecule has 1 atom stereocenters. The molecule has 19 heavy (non-hydrogen) atoms. The minimum atomic E-state index is 0.239. The quantitative estimate of drug-likeness (QED) is 0.552. The van der Waals surface area contributed by atoms with E-state index in [1.54, 1.807) is 0 Å². The Bertz CT molecular complexity index is 437. The highest BCUT2D eigenvalue weighted by molar-refractivity contribution is 5.58. The largest absolute Gasteiger partial charge is 0.396 e. The number of aryl methyl sites for hydroxylation is 1. The van der Waals surface area contributed by atoms with Gasteiger partial charge in [0.1, 0.15) is 17.5 Å². The predicted octanol–water partition coefficient (Wildman–Crippen LogP) is 0.842. The van der Waals surface area contributed by atoms with Crippen molar-refractivity contribution in [3.05, 3.63) is 11.4 Å². The van der Waals surface area contributed by atoms with Crippen LogP contribution in [-0.4, -0.2) is 34.8 Å². The number of aromatic nitrogens is 2. The number of anilines is 2. The van der Waals surface area contributed by atoms with Crippen LogP contribution in [0.3, 0.4) is 0 Å². The third kappa shape index (κ3) is 2.96. The average molecular weight is 265 g/mol. The van der Waals surface area contributed by atoms with Crippen LogP contribution in [0.25, 0.3) is 0 Å². The summed E-state index contributed by atoms with van der Waals surface area (Å²) in [5, 5.41) is 9.33. The van der Waals surface area contributed by atoms with Crippen molar-refractivity contribution < 1.29 is 5.11 Å². The molecule has 0 radical (unpaired) electrons. The minimum Gasteiger partial charge on any atom is -0.396 e. The third-order valence-corrected chi connectivity index (χ3v) is 3.70. The van der Waals surface area contributed by atoms with E-state index in [1.807, 2.05) is 13.8 Å². The highest BCUT2D eigenvalue weighted by Crippen LogP contribution is 2.27. The molecule has 4 N–H and O–H groups in total. The summed E-state index contributed by atoms with van der Waals surface area (Å²) in [6, 6.07) is 0. The number of nitrogens with two attached hydrogens (primary N) is 1. The average Bonchev–Trinajstić information content (AvgIpc) is 2.47. The normalized spacial score (nSPS) is 19.6. The van der Waals surface area contributed by atoms with E-state index in [9.17, 15) is 5.11 Å². The summed E-state index contributed by atoms with van der Waals surface area (Å²) in [6.45, 7) is 6.07. The van der Waals surface area contributed by atoms with Gasteiger partial charge in [0.2, 0.25) is 0 Å². The lowest BCUT2D eigenvalue weighted by molar-refractivity contribution is 0.208. The first-order valence-corrected chi connectivity index (χ1v) is 6.89. The molecular weight excluding hydrogens is 242 g/mol. The molecule has 1 saturated heterocycles. The number of aliphatic hydroxyl groups excluding tert-OH is 1. The SMILES string of the molecule is CCc1nc(NN)c(C)c(N2CCCC(CO)C2)n1. The first-order valence-electron chi connectivity index (χ1n) is 6.89. The van der Waals surface area contributed by atoms with Crippen molar-refractivity contribution in [2.24, 2.45) is 11.8 Å². The Labute approximate surface area is 114 Å². The topological polar surface area (TPSA) is 87.3 Å². The van der Waals surface area contributed by atoms with E-state index in [-0.39, 0.29) is 6.61 Å². The third-order valence-electron chi connectivity index (χ3n) is 3.70. The van der Waals surface area contributed by atoms with Crippen LogP contribution in [0.2, 0.25) is 0 Å². The Morgan fingerprint density at radius 2 is 2.26 bits per heavy atom. The van der Waals surface area contributed by atoms with E-state index in [4.69, 9.17) is 5.84 Å². The molecule has 1 fully saturated rings. The van der Waals surface area contributed by atoms with Gasteiger partial charge in [-0.05, 0) is 25.7 Å². The summed E-state index contributed by atoms with van der Waals surface area (Å²) in [5.41, 5.74) is 3.62. The second-order valence-electron chi connectivity index (χ2n) is 5.07. The van der Waals surface area contributed by atoms with E-state index in [1.165, 1.54) is 0 Å². The van der Waals surface area contributed by atoms with Gasteiger partial charge >= 0.3 is 0 Å². The number of rotatable bonds is 4. The number of nitrogens with zero attached hydrogens (tertiary/aromatic N) is 3. The Balaban J connectivity index is 2.32. The van der Waals surface area contributed by atoms with Crippen molar-refractivity contribution in [1.82, 2.24) is 9.97 Å². The number of hydrogen-bond donors (Lipinski definition) is 3. The first kappa shape index (κ1) is 14.0. The zero-order chi connectivity index (χ0) is 13.8. The zero-order valence-corrected chi connectivity index (χ0v) is 11.7. The molecule has 1 aliphatic heterocycles. The molecule has 1 aliphatic rings. The van der Waals surface area contributed by atoms with Gasteiger partial charge < -0.3 is 15.4 Å². The van der Waals surface area contributed by atoms with Crippen molar-refractivity contribution in [2.45, 2.75) is 33.1 Å². The van der Waals surface area contributed by atoms with Gasteiger partial charge in [-0.3, -0.25) is 0 Å². The van der Waals surface area contributed by atoms with Gasteiger partial charge in [0, 0.05) is 31.7 Å². The lowest BCUT2D eigenvalue weighted by atomic mass is 9.99. The van der Waals surface area contributed by atoms with Crippen LogP contribution in [0.1, 0.15) is 31.2 Å². The fourth-order valence-corrected chi connectivity index (χ4v) is 2.56. The maximum absolute atomic E-state index is 9.33. The van der Waals surface area contributed by atoms with Crippen LogP contribution in [0.5, 0.6) is 0 Å². The molecule has 0 saturated carbocycles. The molecule has 0 bridgehead atoms. The van der Waals surface area contributed by atoms with Crippen molar-refractivity contribution >= 4 is 11.6 Å². The maximum Gasteiger partial charge on any atom is 0.148 e. The number of hydrogen-bond acceptors (Lipinski definition) is 6. The van der Waals surface area contributed by atoms with Gasteiger partial charge in [0.05, 0.1) is 0 Å². The van der Waals surface area contributed by atoms with Crippen molar-refractivity contribution in [3.8, 4) is 0 Å². The highest BCUT2D eigenvalue weighted by Gasteiger charge is 2.23. The monoisotopic (exact) mass is 265 g/mol. The summed E-state index contributed by atoms with van der Waals surface area (Å²) >= 11 is 0. The van der Waals surface area contributed by atoms with Gasteiger partial charge in [0.15, 0.2) is 0 Å². The van der Waals surface area contributed by atoms with Crippen LogP contribution in [-0.2, 0) is 6.42 Å². The van der Waals surface area contributed by atoms with E-state index in [0.717, 1.165) is 49.6 Å². The van der Waals surface area contributed by atoms with E-state index in [0.29, 0.717) is 11.7 Å². The molecule has 1 aromatic heterocycles. The van der Waals surface area contributed by atoms with Crippen molar-refractivity contribution in [1.29, 1.82) is 0 Å². The lowest BCUT2D eigenvalue weighted by Crippen LogP contribution is -2.38. The molecule has 106 valence electrons. The first-order chi connectivity index (χ1) is 9.19. The molecule has 6 nitrogen and oxygen atoms in total. The van der Waals surface area contributed by atoms with Gasteiger partial charge in [-0.15, -0.1) is 0 Å². The molecule has 0 spiro atoms. The number of hydrazine groups is 1. The number of piperidine rings is 1. The Morgan fingerprint density at radius 3 is 2.89 bits per heavy atom. The fraction of sp³-hybridized carbons (Fsp3) is 0.692. The molecule has 1 unspecified atom stereocenters. The van der Waals surface area contributed by atoms with E-state index >= 15 is 0 Å². The fourth-order valence-electron chi connectivity index (χ4n) is 2.56. The van der Waals surface area contributed by atoms with Gasteiger partial charge in [-0.2, -0.15) is 0 Å². The van der Waals surface area contributed by atoms with Crippen LogP contribution in [0.15, 0.2) is 0 Å². The Hall–Kier alpha value is -1.40. The molecule has 0 aromatic carbocycles.